The number of hydrogen-bond acceptors (Lipinski definition) is 3. The first-order valence-corrected chi connectivity index (χ1v) is 6.59. The van der Waals surface area contributed by atoms with Gasteiger partial charge < -0.3 is 15.4 Å². The molecule has 0 aromatic heterocycles. The summed E-state index contributed by atoms with van der Waals surface area (Å²) >= 11 is 0. The molecule has 2 N–H and O–H groups in total. The maximum absolute atomic E-state index is 12.0. The highest BCUT2D eigenvalue weighted by atomic mass is 35.5. The molecule has 0 heterocycles. The Morgan fingerprint density at radius 2 is 2.11 bits per heavy atom. The van der Waals surface area contributed by atoms with Crippen LogP contribution in [0.1, 0.15) is 39.5 Å². The second-order valence-corrected chi connectivity index (χ2v) is 5.41. The molecule has 0 spiro atoms. The highest BCUT2D eigenvalue weighted by Gasteiger charge is 2.30. The number of ether oxygens (including phenoxy) is 1. The van der Waals surface area contributed by atoms with Crippen molar-refractivity contribution in [3.63, 3.8) is 0 Å². The van der Waals surface area contributed by atoms with Crippen LogP contribution >= 0.6 is 12.4 Å². The van der Waals surface area contributed by atoms with Crippen LogP contribution < -0.4 is 5.73 Å². The summed E-state index contributed by atoms with van der Waals surface area (Å²) in [6, 6.07) is 0. The van der Waals surface area contributed by atoms with Gasteiger partial charge in [-0.1, -0.05) is 13.3 Å². The zero-order valence-electron chi connectivity index (χ0n) is 11.8. The molecule has 18 heavy (non-hydrogen) atoms. The van der Waals surface area contributed by atoms with Gasteiger partial charge in [-0.15, -0.1) is 12.4 Å². The number of nitrogens with two attached hydrogens (primary N) is 1. The third kappa shape index (κ3) is 6.03. The van der Waals surface area contributed by atoms with Crippen LogP contribution in [0.25, 0.3) is 0 Å². The number of rotatable bonds is 8. The number of amides is 1. The van der Waals surface area contributed by atoms with E-state index in [2.05, 4.69) is 0 Å². The zero-order chi connectivity index (χ0) is 12.9. The fourth-order valence-corrected chi connectivity index (χ4v) is 1.90. The van der Waals surface area contributed by atoms with Crippen molar-refractivity contribution in [3.05, 3.63) is 0 Å². The van der Waals surface area contributed by atoms with Gasteiger partial charge in [0.1, 0.15) is 0 Å². The van der Waals surface area contributed by atoms with Crippen LogP contribution in [0.5, 0.6) is 0 Å². The Morgan fingerprint density at radius 3 is 2.61 bits per heavy atom. The van der Waals surface area contributed by atoms with Gasteiger partial charge in [0.25, 0.3) is 0 Å². The van der Waals surface area contributed by atoms with Crippen LogP contribution in [0.3, 0.4) is 0 Å². The van der Waals surface area contributed by atoms with E-state index in [1.165, 1.54) is 12.8 Å². The number of hydrogen-bond donors (Lipinski definition) is 1. The molecule has 0 bridgehead atoms. The Bertz CT molecular complexity index is 255. The molecule has 0 aromatic carbocycles. The van der Waals surface area contributed by atoms with Crippen molar-refractivity contribution >= 4 is 18.3 Å². The van der Waals surface area contributed by atoms with Crippen molar-refractivity contribution in [1.29, 1.82) is 0 Å². The first-order chi connectivity index (χ1) is 7.97. The molecular formula is C13H27ClN2O2. The van der Waals surface area contributed by atoms with E-state index in [1.54, 1.807) is 18.9 Å². The van der Waals surface area contributed by atoms with E-state index < -0.39 is 5.54 Å². The van der Waals surface area contributed by atoms with E-state index in [9.17, 15) is 4.79 Å². The van der Waals surface area contributed by atoms with E-state index in [4.69, 9.17) is 10.5 Å². The van der Waals surface area contributed by atoms with E-state index >= 15 is 0 Å². The Kier molecular flexibility index (Phi) is 7.83. The van der Waals surface area contributed by atoms with Gasteiger partial charge >= 0.3 is 0 Å². The van der Waals surface area contributed by atoms with Crippen LogP contribution in [0.2, 0.25) is 0 Å². The molecule has 1 saturated carbocycles. The zero-order valence-corrected chi connectivity index (χ0v) is 12.6. The SMILES string of the molecule is CCCC(C)(N)C(=O)N(C)CCOCC1CC1.Cl. The molecule has 0 aliphatic heterocycles. The number of carbonyl (C=O) groups is 1. The first kappa shape index (κ1) is 17.7. The third-order valence-corrected chi connectivity index (χ3v) is 3.23. The molecule has 1 atom stereocenters. The molecule has 1 amide bonds. The molecule has 1 fully saturated rings. The van der Waals surface area contributed by atoms with Crippen molar-refractivity contribution in [2.24, 2.45) is 11.7 Å². The maximum Gasteiger partial charge on any atom is 0.242 e. The lowest BCUT2D eigenvalue weighted by molar-refractivity contribution is -0.136. The summed E-state index contributed by atoms with van der Waals surface area (Å²) in [6.45, 7) is 5.93. The molecule has 0 radical (unpaired) electrons. The third-order valence-electron chi connectivity index (χ3n) is 3.23. The van der Waals surface area contributed by atoms with Crippen LogP contribution in [-0.4, -0.2) is 43.2 Å². The molecule has 1 aliphatic carbocycles. The van der Waals surface area contributed by atoms with E-state index in [0.29, 0.717) is 13.2 Å². The highest BCUT2D eigenvalue weighted by molar-refractivity contribution is 5.85. The average Bonchev–Trinajstić information content (AvgIpc) is 3.06. The molecule has 5 heteroatoms. The summed E-state index contributed by atoms with van der Waals surface area (Å²) < 4.78 is 5.52. The van der Waals surface area contributed by atoms with Gasteiger partial charge in [0, 0.05) is 20.2 Å². The fraction of sp³-hybridized carbons (Fsp3) is 0.923. The topological polar surface area (TPSA) is 55.6 Å². The fourth-order valence-electron chi connectivity index (χ4n) is 1.90. The summed E-state index contributed by atoms with van der Waals surface area (Å²) in [5.74, 6) is 0.783. The molecular weight excluding hydrogens is 252 g/mol. The smallest absolute Gasteiger partial charge is 0.242 e. The summed E-state index contributed by atoms with van der Waals surface area (Å²) in [6.07, 6.45) is 4.24. The Hall–Kier alpha value is -0.320. The average molecular weight is 279 g/mol. The molecule has 1 rings (SSSR count). The molecule has 1 unspecified atom stereocenters. The lowest BCUT2D eigenvalue weighted by Crippen LogP contribution is -2.52. The van der Waals surface area contributed by atoms with Crippen molar-refractivity contribution in [1.82, 2.24) is 4.90 Å². The van der Waals surface area contributed by atoms with E-state index in [0.717, 1.165) is 25.4 Å². The second-order valence-electron chi connectivity index (χ2n) is 5.41. The van der Waals surface area contributed by atoms with Crippen molar-refractivity contribution in [2.45, 2.75) is 45.1 Å². The van der Waals surface area contributed by atoms with Gasteiger partial charge in [0.05, 0.1) is 12.1 Å². The Balaban J connectivity index is 0.00000289. The normalized spacial score (nSPS) is 17.8. The Labute approximate surface area is 117 Å². The molecule has 1 aliphatic rings. The number of likely N-dealkylation sites (N-methyl/N-ethyl adjacent to an activating group) is 1. The highest BCUT2D eigenvalue weighted by Crippen LogP contribution is 2.28. The molecule has 4 nitrogen and oxygen atoms in total. The minimum atomic E-state index is -0.736. The standard InChI is InChI=1S/C13H26N2O2.ClH/c1-4-7-13(2,14)12(16)15(3)8-9-17-10-11-5-6-11;/h11H,4-10,14H2,1-3H3;1H. The van der Waals surface area contributed by atoms with Gasteiger partial charge in [-0.25, -0.2) is 0 Å². The van der Waals surface area contributed by atoms with Crippen molar-refractivity contribution in [3.8, 4) is 0 Å². The van der Waals surface area contributed by atoms with Gasteiger partial charge in [-0.3, -0.25) is 4.79 Å². The van der Waals surface area contributed by atoms with E-state index in [-0.39, 0.29) is 18.3 Å². The summed E-state index contributed by atoms with van der Waals surface area (Å²) in [5.41, 5.74) is 5.27. The van der Waals surface area contributed by atoms with Crippen molar-refractivity contribution in [2.75, 3.05) is 26.8 Å². The van der Waals surface area contributed by atoms with Gasteiger partial charge in [0.2, 0.25) is 5.91 Å². The minimum Gasteiger partial charge on any atom is -0.379 e. The summed E-state index contributed by atoms with van der Waals surface area (Å²) in [4.78, 5) is 13.7. The van der Waals surface area contributed by atoms with E-state index in [1.807, 2.05) is 6.92 Å². The minimum absolute atomic E-state index is 0. The molecule has 108 valence electrons. The van der Waals surface area contributed by atoms with Crippen molar-refractivity contribution < 1.29 is 9.53 Å². The number of halogens is 1. The quantitative estimate of drug-likeness (QED) is 0.689. The summed E-state index contributed by atoms with van der Waals surface area (Å²) in [7, 11) is 1.80. The molecule has 0 saturated heterocycles. The second kappa shape index (κ2) is 7.97. The lowest BCUT2D eigenvalue weighted by atomic mass is 9.96. The largest absolute Gasteiger partial charge is 0.379 e. The first-order valence-electron chi connectivity index (χ1n) is 6.59. The monoisotopic (exact) mass is 278 g/mol. The van der Waals surface area contributed by atoms with Crippen LogP contribution in [0.15, 0.2) is 0 Å². The van der Waals surface area contributed by atoms with Crippen LogP contribution in [0.4, 0.5) is 0 Å². The lowest BCUT2D eigenvalue weighted by Gasteiger charge is -2.28. The predicted molar refractivity (Wildman–Crippen MR) is 75.9 cm³/mol. The Morgan fingerprint density at radius 1 is 1.50 bits per heavy atom. The van der Waals surface area contributed by atoms with Gasteiger partial charge in [0.15, 0.2) is 0 Å². The predicted octanol–water partition coefficient (Wildman–Crippen LogP) is 1.81. The van der Waals surface area contributed by atoms with Crippen LogP contribution in [-0.2, 0) is 9.53 Å². The molecule has 0 aromatic rings. The number of carbonyl (C=O) groups excluding carboxylic acids is 1. The number of nitrogens with zero attached hydrogens (tertiary/aromatic N) is 1. The van der Waals surface area contributed by atoms with Crippen LogP contribution in [0, 0.1) is 5.92 Å². The van der Waals surface area contributed by atoms with Gasteiger partial charge in [-0.2, -0.15) is 0 Å². The van der Waals surface area contributed by atoms with Gasteiger partial charge in [-0.05, 0) is 32.1 Å². The summed E-state index contributed by atoms with van der Waals surface area (Å²) in [5, 5.41) is 0. The maximum atomic E-state index is 12.0.